The first-order chi connectivity index (χ1) is 26.5. The molecule has 54 heavy (non-hydrogen) atoms. The van der Waals surface area contributed by atoms with E-state index in [4.69, 9.17) is 14.2 Å². The van der Waals surface area contributed by atoms with E-state index in [0.717, 1.165) is 128 Å². The highest BCUT2D eigenvalue weighted by atomic mass is 16.6. The Kier molecular flexibility index (Phi) is 40.6. The molecule has 0 fully saturated rings. The zero-order valence-electron chi connectivity index (χ0n) is 35.2. The molecule has 0 saturated heterocycles. The summed E-state index contributed by atoms with van der Waals surface area (Å²) in [7, 11) is 0. The molecule has 1 atom stereocenters. The Labute approximate surface area is 332 Å². The van der Waals surface area contributed by atoms with Crippen LogP contribution in [0.1, 0.15) is 207 Å². The van der Waals surface area contributed by atoms with Gasteiger partial charge in [0.05, 0.1) is 0 Å². The minimum atomic E-state index is -0.787. The van der Waals surface area contributed by atoms with Gasteiger partial charge in [-0.15, -0.1) is 0 Å². The molecular weight excluding hydrogens is 673 g/mol. The molecule has 0 radical (unpaired) electrons. The van der Waals surface area contributed by atoms with Crippen molar-refractivity contribution in [3.63, 3.8) is 0 Å². The van der Waals surface area contributed by atoms with E-state index in [1.807, 2.05) is 0 Å². The number of esters is 3. The van der Waals surface area contributed by atoms with Crippen LogP contribution in [0.2, 0.25) is 0 Å². The molecule has 0 rings (SSSR count). The zero-order valence-corrected chi connectivity index (χ0v) is 35.2. The lowest BCUT2D eigenvalue weighted by Crippen LogP contribution is -2.30. The number of hydrogen-bond acceptors (Lipinski definition) is 6. The summed E-state index contributed by atoms with van der Waals surface area (Å²) in [4.78, 5) is 37.7. The van der Waals surface area contributed by atoms with Crippen LogP contribution in [-0.2, 0) is 28.6 Å². The van der Waals surface area contributed by atoms with Crippen molar-refractivity contribution < 1.29 is 28.6 Å². The van der Waals surface area contributed by atoms with E-state index >= 15 is 0 Å². The molecule has 1 unspecified atom stereocenters. The molecule has 0 bridgehead atoms. The number of rotatable bonds is 39. The first-order valence-electron chi connectivity index (χ1n) is 22.3. The molecule has 0 aliphatic carbocycles. The number of unbranched alkanes of at least 4 members (excludes halogenated alkanes) is 18. The van der Waals surface area contributed by atoms with Crippen LogP contribution in [-0.4, -0.2) is 37.2 Å². The van der Waals surface area contributed by atoms with Crippen LogP contribution >= 0.6 is 0 Å². The molecule has 0 aliphatic rings. The number of allylic oxidation sites excluding steroid dienone is 10. The number of hydrogen-bond donors (Lipinski definition) is 0. The van der Waals surface area contributed by atoms with Gasteiger partial charge in [-0.05, 0) is 96.3 Å². The predicted octanol–water partition coefficient (Wildman–Crippen LogP) is 14.1. The average molecular weight is 755 g/mol. The van der Waals surface area contributed by atoms with Gasteiger partial charge in [0.2, 0.25) is 0 Å². The summed E-state index contributed by atoms with van der Waals surface area (Å²) in [6.45, 7) is 6.34. The molecule has 0 amide bonds. The average Bonchev–Trinajstić information content (AvgIpc) is 3.17. The fourth-order valence-corrected chi connectivity index (χ4v) is 5.92. The summed E-state index contributed by atoms with van der Waals surface area (Å²) >= 11 is 0. The lowest BCUT2D eigenvalue weighted by molar-refractivity contribution is -0.167. The minimum Gasteiger partial charge on any atom is -0.462 e. The number of ether oxygens (including phenoxy) is 3. The van der Waals surface area contributed by atoms with Gasteiger partial charge in [0, 0.05) is 19.3 Å². The first kappa shape index (κ1) is 51.1. The zero-order chi connectivity index (χ0) is 39.4. The Morgan fingerprint density at radius 2 is 0.722 bits per heavy atom. The molecule has 0 aromatic carbocycles. The summed E-state index contributed by atoms with van der Waals surface area (Å²) < 4.78 is 16.7. The van der Waals surface area contributed by atoms with Gasteiger partial charge >= 0.3 is 17.9 Å². The van der Waals surface area contributed by atoms with E-state index in [0.29, 0.717) is 19.3 Å². The van der Waals surface area contributed by atoms with Gasteiger partial charge in [-0.3, -0.25) is 14.4 Å². The van der Waals surface area contributed by atoms with Crippen LogP contribution in [0.5, 0.6) is 0 Å². The van der Waals surface area contributed by atoms with E-state index in [-0.39, 0.29) is 31.1 Å². The van der Waals surface area contributed by atoms with Crippen LogP contribution in [0.3, 0.4) is 0 Å². The molecule has 0 aromatic rings. The van der Waals surface area contributed by atoms with Gasteiger partial charge in [-0.25, -0.2) is 0 Å². The van der Waals surface area contributed by atoms with Crippen LogP contribution in [0.4, 0.5) is 0 Å². The lowest BCUT2D eigenvalue weighted by Gasteiger charge is -2.18. The standard InChI is InChI=1S/C48H82O6/c1-4-7-10-13-16-19-22-25-28-31-34-37-40-46(49)52-43-45(54-48(51)42-39-36-33-30-27-24-21-18-15-12-9-6-3)44-53-47(50)41-38-35-32-29-26-23-20-17-14-11-8-5-2/h7,9-10,12,16-21,45H,4-6,8,11,13-15,22-44H2,1-3H3/b10-7-,12-9-,19-16-,20-17-,21-18-. The SMILES string of the molecule is CC/C=C\C/C=C\CCCCCCCC(=O)OCC(COC(=O)CCCCCCC/C=C\CCCCC)OC(=O)CCCCCCC/C=C\C/C=C\CC. The normalized spacial score (nSPS) is 12.6. The summed E-state index contributed by atoms with van der Waals surface area (Å²) in [5.74, 6) is -0.934. The minimum absolute atomic E-state index is 0.0897. The third-order valence-corrected chi connectivity index (χ3v) is 9.24. The Hall–Kier alpha value is -2.89. The molecule has 0 N–H and O–H groups in total. The highest BCUT2D eigenvalue weighted by molar-refractivity contribution is 5.71. The second-order valence-corrected chi connectivity index (χ2v) is 14.5. The molecule has 0 spiro atoms. The van der Waals surface area contributed by atoms with Crippen molar-refractivity contribution in [3.8, 4) is 0 Å². The Balaban J connectivity index is 4.43. The van der Waals surface area contributed by atoms with Gasteiger partial charge in [0.1, 0.15) is 13.2 Å². The van der Waals surface area contributed by atoms with Crippen molar-refractivity contribution in [3.05, 3.63) is 60.8 Å². The molecule has 0 saturated carbocycles. The van der Waals surface area contributed by atoms with Crippen LogP contribution in [0, 0.1) is 0 Å². The van der Waals surface area contributed by atoms with Gasteiger partial charge in [-0.1, -0.05) is 152 Å². The summed E-state index contributed by atoms with van der Waals surface area (Å²) in [6, 6.07) is 0. The van der Waals surface area contributed by atoms with Crippen molar-refractivity contribution in [1.82, 2.24) is 0 Å². The maximum atomic E-state index is 12.7. The van der Waals surface area contributed by atoms with Gasteiger partial charge in [-0.2, -0.15) is 0 Å². The van der Waals surface area contributed by atoms with E-state index in [1.54, 1.807) is 0 Å². The van der Waals surface area contributed by atoms with Crippen molar-refractivity contribution in [2.45, 2.75) is 213 Å². The predicted molar refractivity (Wildman–Crippen MR) is 228 cm³/mol. The van der Waals surface area contributed by atoms with Crippen molar-refractivity contribution >= 4 is 17.9 Å². The van der Waals surface area contributed by atoms with Gasteiger partial charge in [0.25, 0.3) is 0 Å². The lowest BCUT2D eigenvalue weighted by atomic mass is 10.1. The van der Waals surface area contributed by atoms with Gasteiger partial charge < -0.3 is 14.2 Å². The number of carbonyl (C=O) groups excluding carboxylic acids is 3. The van der Waals surface area contributed by atoms with Gasteiger partial charge in [0.15, 0.2) is 6.10 Å². The van der Waals surface area contributed by atoms with Crippen molar-refractivity contribution in [2.75, 3.05) is 13.2 Å². The molecular formula is C48H82O6. The smallest absolute Gasteiger partial charge is 0.306 e. The molecule has 0 aromatic heterocycles. The highest BCUT2D eigenvalue weighted by Crippen LogP contribution is 2.13. The third-order valence-electron chi connectivity index (χ3n) is 9.24. The molecule has 0 heterocycles. The van der Waals surface area contributed by atoms with Crippen LogP contribution in [0.15, 0.2) is 60.8 Å². The van der Waals surface area contributed by atoms with Crippen molar-refractivity contribution in [1.29, 1.82) is 0 Å². The van der Waals surface area contributed by atoms with Crippen molar-refractivity contribution in [2.24, 2.45) is 0 Å². The maximum Gasteiger partial charge on any atom is 0.306 e. The third kappa shape index (κ3) is 40.3. The second kappa shape index (κ2) is 42.8. The summed E-state index contributed by atoms with van der Waals surface area (Å²) in [6.07, 6.45) is 50.6. The second-order valence-electron chi connectivity index (χ2n) is 14.5. The fourth-order valence-electron chi connectivity index (χ4n) is 5.92. The first-order valence-corrected chi connectivity index (χ1v) is 22.3. The Morgan fingerprint density at radius 3 is 1.13 bits per heavy atom. The Morgan fingerprint density at radius 1 is 0.389 bits per heavy atom. The number of carbonyl (C=O) groups is 3. The van der Waals surface area contributed by atoms with E-state index in [2.05, 4.69) is 81.5 Å². The van der Waals surface area contributed by atoms with E-state index in [1.165, 1.54) is 38.5 Å². The quantitative estimate of drug-likeness (QED) is 0.0269. The summed E-state index contributed by atoms with van der Waals surface area (Å²) in [5, 5.41) is 0. The summed E-state index contributed by atoms with van der Waals surface area (Å²) in [5.41, 5.74) is 0. The van der Waals surface area contributed by atoms with E-state index in [9.17, 15) is 14.4 Å². The molecule has 310 valence electrons. The maximum absolute atomic E-state index is 12.7. The topological polar surface area (TPSA) is 78.9 Å². The highest BCUT2D eigenvalue weighted by Gasteiger charge is 2.19. The largest absolute Gasteiger partial charge is 0.462 e. The Bertz CT molecular complexity index is 1010. The molecule has 6 nitrogen and oxygen atoms in total. The monoisotopic (exact) mass is 755 g/mol. The van der Waals surface area contributed by atoms with Crippen LogP contribution in [0.25, 0.3) is 0 Å². The van der Waals surface area contributed by atoms with E-state index < -0.39 is 6.10 Å². The fraction of sp³-hybridized carbons (Fsp3) is 0.729. The molecule has 0 aliphatic heterocycles. The molecule has 6 heteroatoms. The van der Waals surface area contributed by atoms with Crippen LogP contribution < -0.4 is 0 Å².